The highest BCUT2D eigenvalue weighted by molar-refractivity contribution is 7.95. The zero-order valence-corrected chi connectivity index (χ0v) is 21.3. The van der Waals surface area contributed by atoms with Crippen molar-refractivity contribution in [1.82, 2.24) is 0 Å². The Morgan fingerprint density at radius 3 is 1.29 bits per heavy atom. The van der Waals surface area contributed by atoms with Gasteiger partial charge in [-0.1, -0.05) is 91.0 Å². The third-order valence-corrected chi connectivity index (χ3v) is 10.3. The Balaban J connectivity index is 0.00000274. The van der Waals surface area contributed by atoms with E-state index in [0.29, 0.717) is 0 Å². The highest BCUT2D eigenvalue weighted by atomic mass is 79.9. The Morgan fingerprint density at radius 1 is 0.441 bits per heavy atom. The number of benzene rings is 5. The van der Waals surface area contributed by atoms with E-state index in [1.54, 1.807) is 0 Å². The van der Waals surface area contributed by atoms with Gasteiger partial charge in [0.05, 0.1) is 0 Å². The maximum absolute atomic E-state index is 6.38. The van der Waals surface area contributed by atoms with E-state index in [1.807, 2.05) is 30.3 Å². The van der Waals surface area contributed by atoms with Gasteiger partial charge in [0.1, 0.15) is 40.8 Å². The summed E-state index contributed by atoms with van der Waals surface area (Å²) in [5.74, 6) is 1.77. The van der Waals surface area contributed by atoms with Crippen molar-refractivity contribution in [2.75, 3.05) is 0 Å². The monoisotopic (exact) mass is 524 g/mol. The van der Waals surface area contributed by atoms with Crippen molar-refractivity contribution in [2.24, 2.45) is 0 Å². The van der Waals surface area contributed by atoms with E-state index in [-0.39, 0.29) is 17.0 Å². The standard InChI is InChI=1S/C31H26OP.BrH/c1-5-16-27(17-6-1)32-31-24-14-13-15-26(31)25-33(28-18-7-2-8-19-28,29-20-9-3-10-21-29)30-22-11-4-12-23-30;/h1-24H,25H2;1H/q+1;/p-1. The number of halogens is 1. The molecule has 0 amide bonds. The quantitative estimate of drug-likeness (QED) is 0.293. The molecule has 0 aromatic heterocycles. The molecule has 5 rings (SSSR count). The summed E-state index contributed by atoms with van der Waals surface area (Å²) in [7, 11) is -1.99. The highest BCUT2D eigenvalue weighted by Gasteiger charge is 2.45. The Labute approximate surface area is 213 Å². The minimum Gasteiger partial charge on any atom is -1.00 e. The third-order valence-electron chi connectivity index (χ3n) is 5.94. The predicted octanol–water partition coefficient (Wildman–Crippen LogP) is 3.98. The van der Waals surface area contributed by atoms with Gasteiger partial charge in [0.2, 0.25) is 0 Å². The molecule has 0 unspecified atom stereocenters. The average molecular weight is 525 g/mol. The van der Waals surface area contributed by atoms with Crippen LogP contribution < -0.4 is 37.6 Å². The molecule has 0 radical (unpaired) electrons. The van der Waals surface area contributed by atoms with Crippen LogP contribution >= 0.6 is 7.26 Å². The van der Waals surface area contributed by atoms with Gasteiger partial charge in [-0.05, 0) is 54.6 Å². The summed E-state index contributed by atoms with van der Waals surface area (Å²) >= 11 is 0. The van der Waals surface area contributed by atoms with E-state index >= 15 is 0 Å². The van der Waals surface area contributed by atoms with Crippen LogP contribution in [-0.4, -0.2) is 0 Å². The molecule has 0 heterocycles. The molecule has 0 atom stereocenters. The first-order valence-corrected chi connectivity index (χ1v) is 13.2. The van der Waals surface area contributed by atoms with Crippen molar-refractivity contribution in [1.29, 1.82) is 0 Å². The number of para-hydroxylation sites is 2. The van der Waals surface area contributed by atoms with Crippen LogP contribution in [0.3, 0.4) is 0 Å². The highest BCUT2D eigenvalue weighted by Crippen LogP contribution is 2.59. The second-order valence-corrected chi connectivity index (χ2v) is 11.5. The van der Waals surface area contributed by atoms with Crippen molar-refractivity contribution >= 4 is 23.2 Å². The largest absolute Gasteiger partial charge is 1.00 e. The molecular formula is C31H26BrOP. The topological polar surface area (TPSA) is 9.23 Å². The lowest BCUT2D eigenvalue weighted by molar-refractivity contribution is -0.00000683. The van der Waals surface area contributed by atoms with Crippen molar-refractivity contribution in [2.45, 2.75) is 6.16 Å². The second kappa shape index (κ2) is 11.3. The maximum Gasteiger partial charge on any atom is 0.134 e. The fraction of sp³-hybridized carbons (Fsp3) is 0.0323. The first kappa shape index (κ1) is 24.0. The summed E-state index contributed by atoms with van der Waals surface area (Å²) in [6, 6.07) is 51.4. The smallest absolute Gasteiger partial charge is 0.134 e. The summed E-state index contributed by atoms with van der Waals surface area (Å²) in [6.07, 6.45) is 0.883. The van der Waals surface area contributed by atoms with E-state index in [1.165, 1.54) is 21.5 Å². The lowest BCUT2D eigenvalue weighted by Crippen LogP contribution is -3.00. The van der Waals surface area contributed by atoms with Crippen molar-refractivity contribution < 1.29 is 21.7 Å². The number of hydrogen-bond donors (Lipinski definition) is 0. The predicted molar refractivity (Wildman–Crippen MR) is 142 cm³/mol. The zero-order chi connectivity index (χ0) is 22.3. The second-order valence-electron chi connectivity index (χ2n) is 8.00. The lowest BCUT2D eigenvalue weighted by atomic mass is 10.2. The summed E-state index contributed by atoms with van der Waals surface area (Å²) in [5.41, 5.74) is 1.21. The molecule has 0 aliphatic heterocycles. The summed E-state index contributed by atoms with van der Waals surface area (Å²) < 4.78 is 6.38. The van der Waals surface area contributed by atoms with Crippen molar-refractivity contribution in [3.63, 3.8) is 0 Å². The molecule has 0 saturated carbocycles. The summed E-state index contributed by atoms with van der Waals surface area (Å²) in [5, 5.41) is 4.12. The fourth-order valence-electron chi connectivity index (χ4n) is 4.37. The van der Waals surface area contributed by atoms with Gasteiger partial charge in [0.25, 0.3) is 0 Å². The van der Waals surface area contributed by atoms with Crippen LogP contribution in [0.25, 0.3) is 0 Å². The zero-order valence-electron chi connectivity index (χ0n) is 18.8. The molecule has 0 aliphatic carbocycles. The molecule has 0 N–H and O–H groups in total. The molecule has 5 aromatic carbocycles. The van der Waals surface area contributed by atoms with Gasteiger partial charge in [-0.25, -0.2) is 0 Å². The van der Waals surface area contributed by atoms with Crippen LogP contribution in [0.5, 0.6) is 11.5 Å². The van der Waals surface area contributed by atoms with Crippen molar-refractivity contribution in [3.05, 3.63) is 151 Å². The van der Waals surface area contributed by atoms with Gasteiger partial charge < -0.3 is 21.7 Å². The van der Waals surface area contributed by atoms with Crippen LogP contribution in [0.4, 0.5) is 0 Å². The van der Waals surface area contributed by atoms with E-state index in [0.717, 1.165) is 17.7 Å². The molecule has 3 heteroatoms. The molecule has 1 nitrogen and oxygen atoms in total. The molecule has 168 valence electrons. The van der Waals surface area contributed by atoms with Gasteiger partial charge in [-0.2, -0.15) is 0 Å². The maximum atomic E-state index is 6.38. The summed E-state index contributed by atoms with van der Waals surface area (Å²) in [6.45, 7) is 0. The van der Waals surface area contributed by atoms with E-state index in [9.17, 15) is 0 Å². The SMILES string of the molecule is [Br-].c1ccc(Oc2ccccc2C[P+](c2ccccc2)(c2ccccc2)c2ccccc2)cc1. The Bertz CT molecular complexity index is 1200. The first-order valence-electron chi connectivity index (χ1n) is 11.2. The fourth-order valence-corrected chi connectivity index (χ4v) is 8.63. The van der Waals surface area contributed by atoms with E-state index < -0.39 is 7.26 Å². The molecule has 0 aliphatic rings. The molecule has 0 bridgehead atoms. The molecule has 0 fully saturated rings. The van der Waals surface area contributed by atoms with Gasteiger partial charge in [0, 0.05) is 5.56 Å². The molecule has 5 aromatic rings. The number of hydrogen-bond acceptors (Lipinski definition) is 1. The van der Waals surface area contributed by atoms with Crippen molar-refractivity contribution in [3.8, 4) is 11.5 Å². The lowest BCUT2D eigenvalue weighted by Gasteiger charge is -2.28. The van der Waals surface area contributed by atoms with Gasteiger partial charge in [0.15, 0.2) is 0 Å². The molecule has 34 heavy (non-hydrogen) atoms. The number of ether oxygens (including phenoxy) is 1. The normalized spacial score (nSPS) is 10.8. The Hall–Kier alpha value is -3.19. The third kappa shape index (κ3) is 4.99. The minimum absolute atomic E-state index is 0. The van der Waals surface area contributed by atoms with Gasteiger partial charge in [-0.3, -0.25) is 0 Å². The first-order chi connectivity index (χ1) is 16.4. The molecule has 0 spiro atoms. The molecule has 0 saturated heterocycles. The van der Waals surface area contributed by atoms with Crippen LogP contribution in [0.1, 0.15) is 5.56 Å². The Kier molecular flexibility index (Phi) is 7.95. The van der Waals surface area contributed by atoms with Gasteiger partial charge in [-0.15, -0.1) is 0 Å². The number of rotatable bonds is 7. The minimum atomic E-state index is -1.99. The van der Waals surface area contributed by atoms with Gasteiger partial charge >= 0.3 is 0 Å². The van der Waals surface area contributed by atoms with Crippen LogP contribution in [0, 0.1) is 0 Å². The van der Waals surface area contributed by atoms with Crippen LogP contribution in [-0.2, 0) is 6.16 Å². The van der Waals surface area contributed by atoms with Crippen LogP contribution in [0.2, 0.25) is 0 Å². The Morgan fingerprint density at radius 2 is 0.824 bits per heavy atom. The summed E-state index contributed by atoms with van der Waals surface area (Å²) in [4.78, 5) is 0. The van der Waals surface area contributed by atoms with Crippen LogP contribution in [0.15, 0.2) is 146 Å². The average Bonchev–Trinajstić information content (AvgIpc) is 2.90. The van der Waals surface area contributed by atoms with E-state index in [2.05, 4.69) is 115 Å². The molecular weight excluding hydrogens is 499 g/mol. The van der Waals surface area contributed by atoms with E-state index in [4.69, 9.17) is 4.74 Å².